The average molecular weight is 343 g/mol. The lowest BCUT2D eigenvalue weighted by molar-refractivity contribution is -0.154. The number of unbranched alkanes of at least 4 members (excludes halogenated alkanes) is 1. The van der Waals surface area contributed by atoms with Crippen LogP contribution >= 0.6 is 0 Å². The van der Waals surface area contributed by atoms with Crippen LogP contribution < -0.4 is 10.6 Å². The first-order valence-corrected chi connectivity index (χ1v) is 8.71. The molecule has 0 radical (unpaired) electrons. The molecule has 0 aromatic heterocycles. The number of nitrogens with zero attached hydrogens (tertiary/aromatic N) is 1. The summed E-state index contributed by atoms with van der Waals surface area (Å²) >= 11 is 0. The van der Waals surface area contributed by atoms with Crippen LogP contribution in [0.2, 0.25) is 0 Å². The first-order chi connectivity index (χ1) is 11.2. The Morgan fingerprint density at radius 3 is 2.29 bits per heavy atom. The maximum atomic E-state index is 12.8. The van der Waals surface area contributed by atoms with E-state index in [-0.39, 0.29) is 24.3 Å². The molecule has 0 aliphatic rings. The Balaban J connectivity index is 4.97. The van der Waals surface area contributed by atoms with E-state index in [0.717, 1.165) is 12.8 Å². The van der Waals surface area contributed by atoms with Crippen molar-refractivity contribution in [1.82, 2.24) is 15.7 Å². The summed E-state index contributed by atoms with van der Waals surface area (Å²) in [7, 11) is 0. The highest BCUT2D eigenvalue weighted by Gasteiger charge is 2.31. The van der Waals surface area contributed by atoms with Crippen LogP contribution in [-0.2, 0) is 9.59 Å². The highest BCUT2D eigenvalue weighted by Crippen LogP contribution is 2.16. The summed E-state index contributed by atoms with van der Waals surface area (Å²) in [4.78, 5) is 35.5. The van der Waals surface area contributed by atoms with Crippen molar-refractivity contribution in [3.63, 3.8) is 0 Å². The third-order valence-corrected chi connectivity index (χ3v) is 3.77. The molecule has 7 nitrogen and oxygen atoms in total. The molecular formula is C17H33N3O4. The number of hydrogen-bond acceptors (Lipinski definition) is 4. The molecule has 3 amide bonds. The summed E-state index contributed by atoms with van der Waals surface area (Å²) in [5.41, 5.74) is 0. The lowest BCUT2D eigenvalue weighted by Crippen LogP contribution is -2.52. The first kappa shape index (κ1) is 22.4. The SMILES string of the molecule is CCCCC(CN(O)C=O)C(=O)C(NC(=O)NCC(C)C)C(C)C. The molecule has 0 saturated heterocycles. The molecule has 0 fully saturated rings. The molecule has 2 unspecified atom stereocenters. The molecular weight excluding hydrogens is 310 g/mol. The minimum atomic E-state index is -0.654. The van der Waals surface area contributed by atoms with Crippen LogP contribution in [0.15, 0.2) is 0 Å². The van der Waals surface area contributed by atoms with Gasteiger partial charge in [0.15, 0.2) is 5.78 Å². The summed E-state index contributed by atoms with van der Waals surface area (Å²) in [5.74, 6) is -0.427. The largest absolute Gasteiger partial charge is 0.338 e. The van der Waals surface area contributed by atoms with Crippen molar-refractivity contribution < 1.29 is 19.6 Å². The monoisotopic (exact) mass is 343 g/mol. The van der Waals surface area contributed by atoms with E-state index in [4.69, 9.17) is 0 Å². The molecule has 140 valence electrons. The van der Waals surface area contributed by atoms with Gasteiger partial charge in [-0.3, -0.25) is 14.8 Å². The van der Waals surface area contributed by atoms with Gasteiger partial charge < -0.3 is 10.6 Å². The predicted molar refractivity (Wildman–Crippen MR) is 92.6 cm³/mol. The Hall–Kier alpha value is -1.63. The van der Waals surface area contributed by atoms with Crippen molar-refractivity contribution in [2.24, 2.45) is 17.8 Å². The summed E-state index contributed by atoms with van der Waals surface area (Å²) in [6, 6.07) is -1.03. The van der Waals surface area contributed by atoms with Gasteiger partial charge in [-0.15, -0.1) is 0 Å². The second-order valence-corrected chi connectivity index (χ2v) is 6.94. The average Bonchev–Trinajstić information content (AvgIpc) is 2.53. The number of rotatable bonds is 12. The highest BCUT2D eigenvalue weighted by atomic mass is 16.5. The lowest BCUT2D eigenvalue weighted by atomic mass is 9.87. The van der Waals surface area contributed by atoms with Crippen molar-refractivity contribution in [3.05, 3.63) is 0 Å². The number of carbonyl (C=O) groups excluding carboxylic acids is 3. The van der Waals surface area contributed by atoms with E-state index in [9.17, 15) is 19.6 Å². The zero-order chi connectivity index (χ0) is 18.7. The van der Waals surface area contributed by atoms with Crippen LogP contribution in [0.1, 0.15) is 53.9 Å². The van der Waals surface area contributed by atoms with Gasteiger partial charge in [0.2, 0.25) is 6.41 Å². The molecule has 0 spiro atoms. The van der Waals surface area contributed by atoms with Crippen LogP contribution in [0.5, 0.6) is 0 Å². The summed E-state index contributed by atoms with van der Waals surface area (Å²) < 4.78 is 0. The van der Waals surface area contributed by atoms with E-state index in [1.165, 1.54) is 0 Å². The van der Waals surface area contributed by atoms with Gasteiger partial charge >= 0.3 is 6.03 Å². The van der Waals surface area contributed by atoms with Gasteiger partial charge in [-0.25, -0.2) is 9.86 Å². The maximum absolute atomic E-state index is 12.8. The van der Waals surface area contributed by atoms with Crippen molar-refractivity contribution in [2.75, 3.05) is 13.1 Å². The maximum Gasteiger partial charge on any atom is 0.315 e. The molecule has 24 heavy (non-hydrogen) atoms. The van der Waals surface area contributed by atoms with Crippen LogP contribution in [0.4, 0.5) is 4.79 Å². The summed E-state index contributed by atoms with van der Waals surface area (Å²) in [6.45, 7) is 10.2. The van der Waals surface area contributed by atoms with Crippen molar-refractivity contribution in [3.8, 4) is 0 Å². The Morgan fingerprint density at radius 2 is 1.83 bits per heavy atom. The molecule has 0 aromatic carbocycles. The van der Waals surface area contributed by atoms with E-state index in [2.05, 4.69) is 10.6 Å². The van der Waals surface area contributed by atoms with Gasteiger partial charge in [0.25, 0.3) is 0 Å². The number of nitrogens with one attached hydrogen (secondary N) is 2. The fourth-order valence-corrected chi connectivity index (χ4v) is 2.35. The number of urea groups is 1. The Kier molecular flexibility index (Phi) is 11.0. The first-order valence-electron chi connectivity index (χ1n) is 8.71. The topological polar surface area (TPSA) is 98.7 Å². The molecule has 0 bridgehead atoms. The standard InChI is InChI=1S/C17H33N3O4/c1-6-7-8-14(10-20(24)11-21)16(22)15(13(4)5)19-17(23)18-9-12(2)3/h11-15,24H,6-10H2,1-5H3,(H2,18,19,23). The van der Waals surface area contributed by atoms with E-state index in [0.29, 0.717) is 30.4 Å². The van der Waals surface area contributed by atoms with Crippen molar-refractivity contribution >= 4 is 18.2 Å². The number of Topliss-reactive ketones (excluding diaryl/α,β-unsaturated/α-hetero) is 1. The number of hydroxylamine groups is 2. The Morgan fingerprint density at radius 1 is 1.21 bits per heavy atom. The third kappa shape index (κ3) is 8.86. The lowest BCUT2D eigenvalue weighted by Gasteiger charge is -2.27. The molecule has 0 aliphatic heterocycles. The Labute approximate surface area is 145 Å². The fraction of sp³-hybridized carbons (Fsp3) is 0.824. The van der Waals surface area contributed by atoms with E-state index in [1.54, 1.807) is 0 Å². The minimum Gasteiger partial charge on any atom is -0.338 e. The molecule has 0 aliphatic carbocycles. The molecule has 0 rings (SSSR count). The summed E-state index contributed by atoms with van der Waals surface area (Å²) in [6.07, 6.45) is 2.58. The molecule has 0 aromatic rings. The number of hydrogen-bond donors (Lipinski definition) is 3. The normalized spacial score (nSPS) is 13.5. The quantitative estimate of drug-likeness (QED) is 0.287. The van der Waals surface area contributed by atoms with Gasteiger partial charge in [-0.1, -0.05) is 47.5 Å². The molecule has 0 saturated carbocycles. The minimum absolute atomic E-state index is 0.0547. The number of ketones is 1. The highest BCUT2D eigenvalue weighted by molar-refractivity contribution is 5.90. The fourth-order valence-electron chi connectivity index (χ4n) is 2.35. The van der Waals surface area contributed by atoms with Gasteiger partial charge in [-0.05, 0) is 18.3 Å². The third-order valence-electron chi connectivity index (χ3n) is 3.77. The second kappa shape index (κ2) is 11.8. The van der Waals surface area contributed by atoms with Crippen molar-refractivity contribution in [1.29, 1.82) is 0 Å². The van der Waals surface area contributed by atoms with E-state index in [1.807, 2.05) is 34.6 Å². The van der Waals surface area contributed by atoms with Crippen LogP contribution in [0, 0.1) is 17.8 Å². The van der Waals surface area contributed by atoms with Gasteiger partial charge in [-0.2, -0.15) is 0 Å². The summed E-state index contributed by atoms with van der Waals surface area (Å²) in [5, 5.41) is 15.4. The number of carbonyl (C=O) groups is 3. The molecule has 0 heterocycles. The van der Waals surface area contributed by atoms with Crippen LogP contribution in [0.3, 0.4) is 0 Å². The predicted octanol–water partition coefficient (Wildman–Crippen LogP) is 2.19. The zero-order valence-electron chi connectivity index (χ0n) is 15.5. The van der Waals surface area contributed by atoms with Crippen LogP contribution in [-0.4, -0.2) is 47.6 Å². The van der Waals surface area contributed by atoms with Gasteiger partial charge in [0.05, 0.1) is 12.6 Å². The van der Waals surface area contributed by atoms with Crippen molar-refractivity contribution in [2.45, 2.75) is 59.9 Å². The molecule has 2 atom stereocenters. The Bertz CT molecular complexity index is 399. The van der Waals surface area contributed by atoms with Crippen LogP contribution in [0.25, 0.3) is 0 Å². The zero-order valence-corrected chi connectivity index (χ0v) is 15.5. The van der Waals surface area contributed by atoms with Gasteiger partial charge in [0, 0.05) is 12.5 Å². The smallest absolute Gasteiger partial charge is 0.315 e. The molecule has 7 heteroatoms. The molecule has 3 N–H and O–H groups in total. The number of amides is 3. The second-order valence-electron chi connectivity index (χ2n) is 6.94. The van der Waals surface area contributed by atoms with E-state index < -0.39 is 12.0 Å². The van der Waals surface area contributed by atoms with E-state index >= 15 is 0 Å². The van der Waals surface area contributed by atoms with Gasteiger partial charge in [0.1, 0.15) is 0 Å².